The number of anilines is 1. The minimum atomic E-state index is -3.70. The van der Waals surface area contributed by atoms with E-state index in [-0.39, 0.29) is 10.1 Å². The predicted molar refractivity (Wildman–Crippen MR) is 117 cm³/mol. The van der Waals surface area contributed by atoms with Crippen LogP contribution in [0.4, 0.5) is 5.69 Å². The molecule has 1 aliphatic rings. The summed E-state index contributed by atoms with van der Waals surface area (Å²) in [4.78, 5) is 13.1. The fourth-order valence-corrected chi connectivity index (χ4v) is 6.25. The Labute approximate surface area is 180 Å². The van der Waals surface area contributed by atoms with Gasteiger partial charge in [-0.3, -0.25) is 4.79 Å². The van der Waals surface area contributed by atoms with Gasteiger partial charge in [0, 0.05) is 6.54 Å². The average Bonchev–Trinajstić information content (AvgIpc) is 3.32. The van der Waals surface area contributed by atoms with Gasteiger partial charge in [-0.2, -0.15) is 4.31 Å². The Balaban J connectivity index is 1.56. The predicted octanol–water partition coefficient (Wildman–Crippen LogP) is 4.72. The van der Waals surface area contributed by atoms with Crippen molar-refractivity contribution in [2.45, 2.75) is 29.5 Å². The summed E-state index contributed by atoms with van der Waals surface area (Å²) in [5.74, 6) is 0.804. The second kappa shape index (κ2) is 8.99. The molecule has 6 nitrogen and oxygen atoms in total. The van der Waals surface area contributed by atoms with Gasteiger partial charge in [0.25, 0.3) is 10.0 Å². The fraction of sp³-hybridized carbons (Fsp3) is 0.227. The zero-order chi connectivity index (χ0) is 21.0. The highest BCUT2D eigenvalue weighted by Gasteiger charge is 2.38. The summed E-state index contributed by atoms with van der Waals surface area (Å²) in [6.07, 6.45) is 2.02. The molecule has 0 bridgehead atoms. The number of benzene rings is 2. The number of para-hydroxylation sites is 3. The van der Waals surface area contributed by atoms with Crippen molar-refractivity contribution < 1.29 is 17.9 Å². The maximum atomic E-state index is 13.1. The molecule has 0 spiro atoms. The molecule has 4 rings (SSSR count). The molecule has 1 amide bonds. The molecule has 1 aliphatic heterocycles. The summed E-state index contributed by atoms with van der Waals surface area (Å²) < 4.78 is 33.6. The number of ether oxygens (including phenoxy) is 1. The number of nitrogens with one attached hydrogen (secondary N) is 1. The van der Waals surface area contributed by atoms with Crippen LogP contribution in [0, 0.1) is 0 Å². The highest BCUT2D eigenvalue weighted by molar-refractivity contribution is 7.91. The number of hydrogen-bond acceptors (Lipinski definition) is 5. The van der Waals surface area contributed by atoms with E-state index in [1.807, 2.05) is 36.4 Å². The Bertz CT molecular complexity index is 1100. The van der Waals surface area contributed by atoms with Crippen LogP contribution >= 0.6 is 11.3 Å². The third-order valence-electron chi connectivity index (χ3n) is 4.93. The molecule has 3 aromatic rings. The van der Waals surface area contributed by atoms with Gasteiger partial charge >= 0.3 is 0 Å². The second-order valence-electron chi connectivity index (χ2n) is 6.96. The average molecular weight is 443 g/mol. The van der Waals surface area contributed by atoms with E-state index in [2.05, 4.69) is 5.32 Å². The van der Waals surface area contributed by atoms with Crippen LogP contribution in [0.2, 0.25) is 0 Å². The Kier molecular flexibility index (Phi) is 6.17. The lowest BCUT2D eigenvalue weighted by Crippen LogP contribution is -2.49. The van der Waals surface area contributed by atoms with Crippen molar-refractivity contribution >= 4 is 33.0 Å². The molecule has 8 heteroatoms. The van der Waals surface area contributed by atoms with E-state index in [4.69, 9.17) is 4.74 Å². The van der Waals surface area contributed by atoms with E-state index in [1.54, 1.807) is 35.7 Å². The smallest absolute Gasteiger partial charge is 0.253 e. The monoisotopic (exact) mass is 442 g/mol. The molecule has 1 N–H and O–H groups in total. The molecule has 2 aromatic carbocycles. The second-order valence-corrected chi connectivity index (χ2v) is 10.0. The van der Waals surface area contributed by atoms with Crippen LogP contribution in [0.15, 0.2) is 76.3 Å². The van der Waals surface area contributed by atoms with Gasteiger partial charge in [-0.15, -0.1) is 11.3 Å². The quantitative estimate of drug-likeness (QED) is 0.599. The molecule has 0 radical (unpaired) electrons. The molecule has 0 aliphatic carbocycles. The number of sulfonamides is 1. The summed E-state index contributed by atoms with van der Waals surface area (Å²) in [5.41, 5.74) is 0.505. The molecular weight excluding hydrogens is 420 g/mol. The van der Waals surface area contributed by atoms with Crippen LogP contribution in [-0.4, -0.2) is 31.2 Å². The maximum Gasteiger partial charge on any atom is 0.253 e. The number of piperidine rings is 1. The molecule has 0 unspecified atom stereocenters. The van der Waals surface area contributed by atoms with E-state index in [0.717, 1.165) is 24.2 Å². The molecule has 0 saturated carbocycles. The Morgan fingerprint density at radius 2 is 1.77 bits per heavy atom. The molecular formula is C22H22N2O4S2. The van der Waals surface area contributed by atoms with Gasteiger partial charge in [0.05, 0.1) is 5.69 Å². The lowest BCUT2D eigenvalue weighted by atomic mass is 10.0. The van der Waals surface area contributed by atoms with Crippen molar-refractivity contribution in [2.75, 3.05) is 11.9 Å². The van der Waals surface area contributed by atoms with Crippen molar-refractivity contribution in [2.24, 2.45) is 0 Å². The molecule has 1 fully saturated rings. The SMILES string of the molecule is O=C(Nc1ccccc1Oc1ccccc1)[C@H]1CCCCN1S(=O)(=O)c1cccs1. The summed E-state index contributed by atoms with van der Waals surface area (Å²) in [7, 11) is -3.70. The molecule has 30 heavy (non-hydrogen) atoms. The highest BCUT2D eigenvalue weighted by Crippen LogP contribution is 2.32. The zero-order valence-electron chi connectivity index (χ0n) is 16.2. The van der Waals surface area contributed by atoms with E-state index in [9.17, 15) is 13.2 Å². The summed E-state index contributed by atoms with van der Waals surface area (Å²) in [6.45, 7) is 0.334. The number of amides is 1. The topological polar surface area (TPSA) is 75.7 Å². The van der Waals surface area contributed by atoms with Crippen LogP contribution in [0.3, 0.4) is 0 Å². The number of carbonyl (C=O) groups excluding carboxylic acids is 1. The fourth-order valence-electron chi connectivity index (χ4n) is 3.47. The van der Waals surface area contributed by atoms with Crippen LogP contribution in [-0.2, 0) is 14.8 Å². The number of carbonyl (C=O) groups is 1. The molecule has 1 atom stereocenters. The highest BCUT2D eigenvalue weighted by atomic mass is 32.2. The van der Waals surface area contributed by atoms with Crippen molar-refractivity contribution in [1.29, 1.82) is 0 Å². The standard InChI is InChI=1S/C22H22N2O4S2/c25-22(19-12-6-7-15-24(19)30(26,27)21-14-8-16-29-21)23-18-11-4-5-13-20(18)28-17-9-2-1-3-10-17/h1-5,8-11,13-14,16,19H,6-7,12,15H2,(H,23,25)/t19-/m1/s1. The van der Waals surface area contributed by atoms with Gasteiger partial charge < -0.3 is 10.1 Å². The lowest BCUT2D eigenvalue weighted by Gasteiger charge is -2.33. The first-order valence-corrected chi connectivity index (χ1v) is 12.1. The number of rotatable bonds is 6. The summed E-state index contributed by atoms with van der Waals surface area (Å²) in [5, 5.41) is 4.61. The molecule has 2 heterocycles. The summed E-state index contributed by atoms with van der Waals surface area (Å²) in [6, 6.07) is 18.9. The molecule has 1 saturated heterocycles. The first-order valence-electron chi connectivity index (χ1n) is 9.74. The van der Waals surface area contributed by atoms with Gasteiger partial charge in [-0.25, -0.2) is 8.42 Å². The Hall–Kier alpha value is -2.68. The third-order valence-corrected chi connectivity index (χ3v) is 8.21. The maximum absolute atomic E-state index is 13.1. The van der Waals surface area contributed by atoms with Gasteiger partial charge in [0.15, 0.2) is 5.75 Å². The van der Waals surface area contributed by atoms with Crippen molar-refractivity contribution in [3.63, 3.8) is 0 Å². The van der Waals surface area contributed by atoms with E-state index in [1.165, 1.54) is 4.31 Å². The van der Waals surface area contributed by atoms with Crippen LogP contribution in [0.5, 0.6) is 11.5 Å². The number of nitrogens with zero attached hydrogens (tertiary/aromatic N) is 1. The minimum absolute atomic E-state index is 0.259. The summed E-state index contributed by atoms with van der Waals surface area (Å²) >= 11 is 1.16. The van der Waals surface area contributed by atoms with E-state index in [0.29, 0.717) is 30.2 Å². The van der Waals surface area contributed by atoms with Gasteiger partial charge in [-0.1, -0.05) is 42.8 Å². The molecule has 156 valence electrons. The minimum Gasteiger partial charge on any atom is -0.455 e. The van der Waals surface area contributed by atoms with Crippen molar-refractivity contribution in [3.8, 4) is 11.5 Å². The Morgan fingerprint density at radius 1 is 1.00 bits per heavy atom. The third kappa shape index (κ3) is 4.40. The van der Waals surface area contributed by atoms with Crippen molar-refractivity contribution in [3.05, 3.63) is 72.1 Å². The van der Waals surface area contributed by atoms with E-state index >= 15 is 0 Å². The number of thiophene rings is 1. The Morgan fingerprint density at radius 3 is 2.53 bits per heavy atom. The van der Waals surface area contributed by atoms with Gasteiger partial charge in [0.2, 0.25) is 5.91 Å². The lowest BCUT2D eigenvalue weighted by molar-refractivity contribution is -0.120. The first kappa shape index (κ1) is 20.6. The molecule has 1 aromatic heterocycles. The number of hydrogen-bond donors (Lipinski definition) is 1. The van der Waals surface area contributed by atoms with Crippen molar-refractivity contribution in [1.82, 2.24) is 4.31 Å². The van der Waals surface area contributed by atoms with Gasteiger partial charge in [0.1, 0.15) is 16.0 Å². The van der Waals surface area contributed by atoms with Crippen LogP contribution in [0.1, 0.15) is 19.3 Å². The van der Waals surface area contributed by atoms with Gasteiger partial charge in [-0.05, 0) is 48.6 Å². The van der Waals surface area contributed by atoms with E-state index < -0.39 is 16.1 Å². The zero-order valence-corrected chi connectivity index (χ0v) is 17.9. The van der Waals surface area contributed by atoms with Crippen LogP contribution < -0.4 is 10.1 Å². The first-order chi connectivity index (χ1) is 14.6. The normalized spacial score (nSPS) is 17.4. The largest absolute Gasteiger partial charge is 0.455 e. The van der Waals surface area contributed by atoms with Crippen LogP contribution in [0.25, 0.3) is 0 Å².